The van der Waals surface area contributed by atoms with Crippen LogP contribution < -0.4 is 0 Å². The zero-order valence-corrected chi connectivity index (χ0v) is 12.3. The van der Waals surface area contributed by atoms with E-state index < -0.39 is 0 Å². The number of rotatable bonds is 4. The molecule has 2 aromatic heterocycles. The monoisotopic (exact) mass is 298 g/mol. The van der Waals surface area contributed by atoms with Crippen LogP contribution in [0, 0.1) is 5.82 Å². The quantitative estimate of drug-likeness (QED) is 0.741. The summed E-state index contributed by atoms with van der Waals surface area (Å²) in [7, 11) is 3.85. The van der Waals surface area contributed by atoms with Crippen molar-refractivity contribution in [3.05, 3.63) is 54.3 Å². The van der Waals surface area contributed by atoms with E-state index in [1.54, 1.807) is 18.3 Å². The summed E-state index contributed by atoms with van der Waals surface area (Å²) >= 11 is 0. The highest BCUT2D eigenvalue weighted by molar-refractivity contribution is 5.64. The van der Waals surface area contributed by atoms with Gasteiger partial charge in [0.25, 0.3) is 0 Å². The summed E-state index contributed by atoms with van der Waals surface area (Å²) < 4.78 is 18.4. The number of benzene rings is 1. The first-order valence-corrected chi connectivity index (χ1v) is 6.81. The van der Waals surface area contributed by atoms with E-state index in [-0.39, 0.29) is 5.82 Å². The van der Waals surface area contributed by atoms with Gasteiger partial charge in [-0.2, -0.15) is 4.98 Å². The molecule has 112 valence electrons. The summed E-state index contributed by atoms with van der Waals surface area (Å²) in [6.45, 7) is 0.578. The van der Waals surface area contributed by atoms with Crippen LogP contribution in [0.3, 0.4) is 0 Å². The molecule has 0 aliphatic carbocycles. The van der Waals surface area contributed by atoms with Gasteiger partial charge in [0.05, 0.1) is 6.54 Å². The summed E-state index contributed by atoms with van der Waals surface area (Å²) in [6.07, 6.45) is 1.67. The van der Waals surface area contributed by atoms with Crippen molar-refractivity contribution in [3.8, 4) is 22.6 Å². The van der Waals surface area contributed by atoms with E-state index in [9.17, 15) is 4.39 Å². The lowest BCUT2D eigenvalue weighted by Gasteiger charge is -2.03. The Morgan fingerprint density at radius 1 is 1.14 bits per heavy atom. The number of aromatic nitrogens is 3. The summed E-state index contributed by atoms with van der Waals surface area (Å²) in [5.41, 5.74) is 2.23. The summed E-state index contributed by atoms with van der Waals surface area (Å²) in [4.78, 5) is 10.6. The third-order valence-corrected chi connectivity index (χ3v) is 3.07. The van der Waals surface area contributed by atoms with Crippen molar-refractivity contribution in [2.45, 2.75) is 6.54 Å². The second-order valence-corrected chi connectivity index (χ2v) is 5.19. The number of halogens is 1. The van der Waals surface area contributed by atoms with Crippen molar-refractivity contribution < 1.29 is 8.91 Å². The molecular formula is C16H15FN4O. The Hall–Kier alpha value is -2.60. The van der Waals surface area contributed by atoms with Crippen LogP contribution in [-0.4, -0.2) is 34.1 Å². The molecule has 0 saturated carbocycles. The highest BCUT2D eigenvalue weighted by Gasteiger charge is 2.10. The molecule has 0 spiro atoms. The Balaban J connectivity index is 1.83. The molecule has 5 nitrogen and oxygen atoms in total. The van der Waals surface area contributed by atoms with Gasteiger partial charge in [-0.1, -0.05) is 23.4 Å². The minimum Gasteiger partial charge on any atom is -0.337 e. The number of nitrogens with zero attached hydrogens (tertiary/aromatic N) is 4. The zero-order valence-electron chi connectivity index (χ0n) is 12.3. The van der Waals surface area contributed by atoms with E-state index in [1.165, 1.54) is 12.1 Å². The average molecular weight is 298 g/mol. The van der Waals surface area contributed by atoms with E-state index in [4.69, 9.17) is 4.52 Å². The maximum atomic E-state index is 13.2. The van der Waals surface area contributed by atoms with Crippen molar-refractivity contribution in [1.82, 2.24) is 20.0 Å². The van der Waals surface area contributed by atoms with Gasteiger partial charge < -0.3 is 9.42 Å². The van der Waals surface area contributed by atoms with Gasteiger partial charge in [-0.15, -0.1) is 0 Å². The molecule has 6 heteroatoms. The molecule has 0 aliphatic rings. The number of hydrogen-bond acceptors (Lipinski definition) is 5. The second-order valence-electron chi connectivity index (χ2n) is 5.19. The summed E-state index contributed by atoms with van der Waals surface area (Å²) in [6, 6.07) is 10.1. The smallest absolute Gasteiger partial charge is 0.241 e. The standard InChI is InChI=1S/C16H15FN4O/c1-21(2)10-15-19-16(20-22-15)14-7-6-12(9-18-14)11-4-3-5-13(17)8-11/h3-9H,10H2,1-2H3. The van der Waals surface area contributed by atoms with Crippen LogP contribution in [0.15, 0.2) is 47.1 Å². The van der Waals surface area contributed by atoms with E-state index in [2.05, 4.69) is 15.1 Å². The fourth-order valence-corrected chi connectivity index (χ4v) is 2.06. The first-order chi connectivity index (χ1) is 10.6. The van der Waals surface area contributed by atoms with Crippen LogP contribution in [-0.2, 0) is 6.54 Å². The van der Waals surface area contributed by atoms with Gasteiger partial charge in [0.1, 0.15) is 11.5 Å². The van der Waals surface area contributed by atoms with Crippen LogP contribution in [0.5, 0.6) is 0 Å². The van der Waals surface area contributed by atoms with Crippen LogP contribution in [0.2, 0.25) is 0 Å². The minimum atomic E-state index is -0.270. The largest absolute Gasteiger partial charge is 0.337 e. The van der Waals surface area contributed by atoms with Crippen LogP contribution in [0.4, 0.5) is 4.39 Å². The first-order valence-electron chi connectivity index (χ1n) is 6.81. The molecule has 0 saturated heterocycles. The van der Waals surface area contributed by atoms with Crippen LogP contribution in [0.25, 0.3) is 22.6 Å². The van der Waals surface area contributed by atoms with Gasteiger partial charge in [0, 0.05) is 11.8 Å². The predicted octanol–water partition coefficient (Wildman–Crippen LogP) is 3.00. The van der Waals surface area contributed by atoms with Crippen molar-refractivity contribution >= 4 is 0 Å². The zero-order chi connectivity index (χ0) is 15.5. The molecule has 0 fully saturated rings. The van der Waals surface area contributed by atoms with Gasteiger partial charge >= 0.3 is 0 Å². The molecule has 3 aromatic rings. The second kappa shape index (κ2) is 6.03. The molecular weight excluding hydrogens is 283 g/mol. The Kier molecular flexibility index (Phi) is 3.93. The third-order valence-electron chi connectivity index (χ3n) is 3.07. The number of pyridine rings is 1. The molecule has 2 heterocycles. The Bertz CT molecular complexity index is 768. The highest BCUT2D eigenvalue weighted by atomic mass is 19.1. The maximum Gasteiger partial charge on any atom is 0.241 e. The van der Waals surface area contributed by atoms with Gasteiger partial charge in [-0.25, -0.2) is 4.39 Å². The van der Waals surface area contributed by atoms with Gasteiger partial charge in [0.2, 0.25) is 11.7 Å². The molecule has 0 atom stereocenters. The molecule has 3 rings (SSSR count). The molecule has 0 aliphatic heterocycles. The average Bonchev–Trinajstić information content (AvgIpc) is 2.95. The van der Waals surface area contributed by atoms with E-state index in [0.717, 1.165) is 11.1 Å². The molecule has 0 N–H and O–H groups in total. The van der Waals surface area contributed by atoms with Crippen LogP contribution in [0.1, 0.15) is 5.89 Å². The SMILES string of the molecule is CN(C)Cc1nc(-c2ccc(-c3cccc(F)c3)cn2)no1. The van der Waals surface area contributed by atoms with Crippen molar-refractivity contribution in [2.24, 2.45) is 0 Å². The molecule has 0 radical (unpaired) electrons. The minimum absolute atomic E-state index is 0.270. The molecule has 0 unspecified atom stereocenters. The molecule has 0 amide bonds. The maximum absolute atomic E-state index is 13.2. The number of hydrogen-bond donors (Lipinski definition) is 0. The Morgan fingerprint density at radius 2 is 2.00 bits per heavy atom. The van der Waals surface area contributed by atoms with Gasteiger partial charge in [0.15, 0.2) is 0 Å². The van der Waals surface area contributed by atoms with E-state index in [0.29, 0.717) is 24.0 Å². The van der Waals surface area contributed by atoms with Gasteiger partial charge in [-0.05, 0) is 37.9 Å². The fraction of sp³-hybridized carbons (Fsp3) is 0.188. The third kappa shape index (κ3) is 3.17. The van der Waals surface area contributed by atoms with Crippen molar-refractivity contribution in [2.75, 3.05) is 14.1 Å². The fourth-order valence-electron chi connectivity index (χ4n) is 2.06. The molecule has 22 heavy (non-hydrogen) atoms. The summed E-state index contributed by atoms with van der Waals surface area (Å²) in [5, 5.41) is 3.92. The molecule has 1 aromatic carbocycles. The predicted molar refractivity (Wildman–Crippen MR) is 80.3 cm³/mol. The first kappa shape index (κ1) is 14.3. The lowest BCUT2D eigenvalue weighted by atomic mass is 10.1. The van der Waals surface area contributed by atoms with Crippen molar-refractivity contribution in [3.63, 3.8) is 0 Å². The van der Waals surface area contributed by atoms with E-state index >= 15 is 0 Å². The lowest BCUT2D eigenvalue weighted by molar-refractivity contribution is 0.303. The lowest BCUT2D eigenvalue weighted by Crippen LogP contribution is -2.10. The van der Waals surface area contributed by atoms with E-state index in [1.807, 2.05) is 31.1 Å². The Labute approximate surface area is 127 Å². The topological polar surface area (TPSA) is 55.1 Å². The molecule has 0 bridgehead atoms. The summed E-state index contributed by atoms with van der Waals surface area (Å²) in [5.74, 6) is 0.715. The van der Waals surface area contributed by atoms with Gasteiger partial charge in [-0.3, -0.25) is 4.98 Å². The Morgan fingerprint density at radius 3 is 2.68 bits per heavy atom. The van der Waals surface area contributed by atoms with Crippen molar-refractivity contribution in [1.29, 1.82) is 0 Å². The highest BCUT2D eigenvalue weighted by Crippen LogP contribution is 2.21. The normalized spacial score (nSPS) is 11.1. The van der Waals surface area contributed by atoms with Crippen LogP contribution >= 0.6 is 0 Å².